The molecule has 3 unspecified atom stereocenters. The molecule has 0 heterocycles. The van der Waals surface area contributed by atoms with Crippen molar-refractivity contribution in [3.63, 3.8) is 0 Å². The van der Waals surface area contributed by atoms with E-state index in [0.717, 1.165) is 6.42 Å². The van der Waals surface area contributed by atoms with Crippen molar-refractivity contribution < 1.29 is 13.0 Å². The molecule has 17 heavy (non-hydrogen) atoms. The Morgan fingerprint density at radius 3 is 2.65 bits per heavy atom. The predicted molar refractivity (Wildman–Crippen MR) is 69.7 cm³/mol. The van der Waals surface area contributed by atoms with Gasteiger partial charge in [-0.15, -0.1) is 0 Å². The van der Waals surface area contributed by atoms with Crippen LogP contribution in [0.15, 0.2) is 0 Å². The molecule has 0 bridgehead atoms. The Labute approximate surface area is 105 Å². The molecule has 1 aliphatic rings. The Hall–Kier alpha value is -0.130. The molecular formula is C12H25NO3S. The molecule has 3 atom stereocenters. The van der Waals surface area contributed by atoms with Gasteiger partial charge >= 0.3 is 0 Å². The highest BCUT2D eigenvalue weighted by Crippen LogP contribution is 2.33. The Morgan fingerprint density at radius 1 is 1.47 bits per heavy atom. The lowest BCUT2D eigenvalue weighted by Crippen LogP contribution is -2.53. The second-order valence-corrected chi connectivity index (χ2v) is 7.26. The zero-order valence-corrected chi connectivity index (χ0v) is 11.9. The van der Waals surface area contributed by atoms with E-state index in [2.05, 4.69) is 19.2 Å². The average Bonchev–Trinajstić information content (AvgIpc) is 2.19. The van der Waals surface area contributed by atoms with Gasteiger partial charge in [0, 0.05) is 11.6 Å². The van der Waals surface area contributed by atoms with Crippen LogP contribution in [-0.2, 0) is 10.1 Å². The fourth-order valence-electron chi connectivity index (χ4n) is 2.68. The summed E-state index contributed by atoms with van der Waals surface area (Å²) < 4.78 is 30.1. The molecule has 5 heteroatoms. The van der Waals surface area contributed by atoms with Gasteiger partial charge in [-0.25, -0.2) is 0 Å². The SMILES string of the molecule is CC(CCS(=O)(=O)O)NC1(C)CCCCC1C. The minimum absolute atomic E-state index is 0.108. The summed E-state index contributed by atoms with van der Waals surface area (Å²) in [5, 5.41) is 3.54. The summed E-state index contributed by atoms with van der Waals surface area (Å²) in [7, 11) is -3.83. The molecule has 1 saturated carbocycles. The smallest absolute Gasteiger partial charge is 0.264 e. The molecule has 0 saturated heterocycles. The van der Waals surface area contributed by atoms with E-state index in [-0.39, 0.29) is 17.3 Å². The minimum Gasteiger partial charge on any atom is -0.309 e. The highest BCUT2D eigenvalue weighted by molar-refractivity contribution is 7.85. The zero-order chi connectivity index (χ0) is 13.1. The van der Waals surface area contributed by atoms with Gasteiger partial charge in [0.05, 0.1) is 5.75 Å². The lowest BCUT2D eigenvalue weighted by atomic mass is 9.74. The third kappa shape index (κ3) is 4.94. The topological polar surface area (TPSA) is 66.4 Å². The van der Waals surface area contributed by atoms with Crippen LogP contribution in [0.1, 0.15) is 52.9 Å². The largest absolute Gasteiger partial charge is 0.309 e. The lowest BCUT2D eigenvalue weighted by molar-refractivity contribution is 0.158. The molecule has 1 aliphatic carbocycles. The van der Waals surface area contributed by atoms with E-state index in [0.29, 0.717) is 12.3 Å². The quantitative estimate of drug-likeness (QED) is 0.746. The van der Waals surface area contributed by atoms with Gasteiger partial charge in [-0.05, 0) is 39.0 Å². The van der Waals surface area contributed by atoms with Crippen molar-refractivity contribution >= 4 is 10.1 Å². The van der Waals surface area contributed by atoms with Crippen LogP contribution in [0.3, 0.4) is 0 Å². The predicted octanol–water partition coefficient (Wildman–Crippen LogP) is 2.21. The van der Waals surface area contributed by atoms with Crippen LogP contribution in [0.25, 0.3) is 0 Å². The number of nitrogens with one attached hydrogen (secondary N) is 1. The Balaban J connectivity index is 2.46. The van der Waals surface area contributed by atoms with Crippen molar-refractivity contribution in [1.82, 2.24) is 5.32 Å². The highest BCUT2D eigenvalue weighted by Gasteiger charge is 2.34. The summed E-state index contributed by atoms with van der Waals surface area (Å²) >= 11 is 0. The molecule has 0 amide bonds. The van der Waals surface area contributed by atoms with E-state index in [9.17, 15) is 8.42 Å². The van der Waals surface area contributed by atoms with Gasteiger partial charge in [-0.3, -0.25) is 4.55 Å². The van der Waals surface area contributed by atoms with Crippen molar-refractivity contribution in [2.45, 2.75) is 64.5 Å². The third-order valence-electron chi connectivity index (χ3n) is 4.06. The fraction of sp³-hybridized carbons (Fsp3) is 1.00. The molecule has 0 aliphatic heterocycles. The third-order valence-corrected chi connectivity index (χ3v) is 4.81. The Kier molecular flexibility index (Phi) is 4.98. The van der Waals surface area contributed by atoms with Crippen molar-refractivity contribution in [1.29, 1.82) is 0 Å². The molecular weight excluding hydrogens is 238 g/mol. The summed E-state index contributed by atoms with van der Waals surface area (Å²) in [6.45, 7) is 6.46. The maximum absolute atomic E-state index is 10.7. The van der Waals surface area contributed by atoms with Crippen LogP contribution >= 0.6 is 0 Å². The summed E-state index contributed by atoms with van der Waals surface area (Å²) in [6, 6.07) is 0.113. The first-order chi connectivity index (χ1) is 7.73. The van der Waals surface area contributed by atoms with Crippen molar-refractivity contribution in [3.05, 3.63) is 0 Å². The average molecular weight is 263 g/mol. The summed E-state index contributed by atoms with van der Waals surface area (Å²) in [5.74, 6) is 0.454. The van der Waals surface area contributed by atoms with Crippen LogP contribution in [0.5, 0.6) is 0 Å². The summed E-state index contributed by atoms with van der Waals surface area (Å²) in [6.07, 6.45) is 5.36. The van der Waals surface area contributed by atoms with Crippen LogP contribution in [-0.4, -0.2) is 30.3 Å². The summed E-state index contributed by atoms with van der Waals surface area (Å²) in [4.78, 5) is 0. The van der Waals surface area contributed by atoms with E-state index >= 15 is 0 Å². The normalized spacial score (nSPS) is 32.4. The van der Waals surface area contributed by atoms with Crippen molar-refractivity contribution in [2.75, 3.05) is 5.75 Å². The van der Waals surface area contributed by atoms with Gasteiger partial charge in [-0.2, -0.15) is 8.42 Å². The molecule has 0 radical (unpaired) electrons. The standard InChI is InChI=1S/C12H25NO3S/c1-10-6-4-5-8-12(10,3)13-11(2)7-9-17(14,15)16/h10-11,13H,4-9H2,1-3H3,(H,14,15,16). The van der Waals surface area contributed by atoms with E-state index in [1.807, 2.05) is 6.92 Å². The first-order valence-corrected chi connectivity index (χ1v) is 8.07. The minimum atomic E-state index is -3.83. The number of rotatable bonds is 5. The van der Waals surface area contributed by atoms with Crippen molar-refractivity contribution in [3.8, 4) is 0 Å². The van der Waals surface area contributed by atoms with Crippen LogP contribution < -0.4 is 5.32 Å². The van der Waals surface area contributed by atoms with Crippen LogP contribution in [0.4, 0.5) is 0 Å². The molecule has 0 aromatic heterocycles. The van der Waals surface area contributed by atoms with Crippen LogP contribution in [0, 0.1) is 5.92 Å². The highest BCUT2D eigenvalue weighted by atomic mass is 32.2. The van der Waals surface area contributed by atoms with Gasteiger partial charge in [0.15, 0.2) is 0 Å². The second-order valence-electron chi connectivity index (χ2n) is 5.68. The molecule has 0 aromatic rings. The van der Waals surface area contributed by atoms with Crippen LogP contribution in [0.2, 0.25) is 0 Å². The molecule has 1 fully saturated rings. The molecule has 1 rings (SSSR count). The molecule has 4 nitrogen and oxygen atoms in total. The Bertz CT molecular complexity index is 342. The van der Waals surface area contributed by atoms with E-state index < -0.39 is 10.1 Å². The maximum atomic E-state index is 10.7. The lowest BCUT2D eigenvalue weighted by Gasteiger charge is -2.42. The Morgan fingerprint density at radius 2 is 2.12 bits per heavy atom. The van der Waals surface area contributed by atoms with Gasteiger partial charge in [0.2, 0.25) is 0 Å². The van der Waals surface area contributed by atoms with E-state index in [1.54, 1.807) is 0 Å². The molecule has 102 valence electrons. The monoisotopic (exact) mass is 263 g/mol. The number of hydrogen-bond donors (Lipinski definition) is 2. The fourth-order valence-corrected chi connectivity index (χ4v) is 3.33. The first kappa shape index (κ1) is 14.9. The van der Waals surface area contributed by atoms with Gasteiger partial charge in [0.1, 0.15) is 0 Å². The zero-order valence-electron chi connectivity index (χ0n) is 11.1. The first-order valence-electron chi connectivity index (χ1n) is 6.46. The second kappa shape index (κ2) is 5.67. The summed E-state index contributed by atoms with van der Waals surface area (Å²) in [5.41, 5.74) is 0.108. The van der Waals surface area contributed by atoms with E-state index in [1.165, 1.54) is 19.3 Å². The maximum Gasteiger partial charge on any atom is 0.264 e. The van der Waals surface area contributed by atoms with E-state index in [4.69, 9.17) is 4.55 Å². The van der Waals surface area contributed by atoms with Gasteiger partial charge in [-0.1, -0.05) is 19.8 Å². The molecule has 0 aromatic carbocycles. The van der Waals surface area contributed by atoms with Gasteiger partial charge in [0.25, 0.3) is 10.1 Å². The molecule has 0 spiro atoms. The number of hydrogen-bond acceptors (Lipinski definition) is 3. The van der Waals surface area contributed by atoms with Gasteiger partial charge < -0.3 is 5.32 Å². The molecule has 2 N–H and O–H groups in total. The van der Waals surface area contributed by atoms with Crippen molar-refractivity contribution in [2.24, 2.45) is 5.92 Å².